The Morgan fingerprint density at radius 2 is 1.86 bits per heavy atom. The van der Waals surface area contributed by atoms with Gasteiger partial charge in [0.15, 0.2) is 5.78 Å². The highest BCUT2D eigenvalue weighted by Gasteiger charge is 2.43. The molecule has 0 saturated heterocycles. The lowest BCUT2D eigenvalue weighted by Gasteiger charge is -2.41. The lowest BCUT2D eigenvalue weighted by atomic mass is 10.0. The number of carbonyl (C=O) groups is 1. The topological polar surface area (TPSA) is 65.7 Å². The van der Waals surface area contributed by atoms with Gasteiger partial charge >= 0.3 is 0 Å². The van der Waals surface area contributed by atoms with Gasteiger partial charge in [-0.3, -0.25) is 4.79 Å². The third kappa shape index (κ3) is 3.81. The smallest absolute Gasteiger partial charge is 0.219 e. The van der Waals surface area contributed by atoms with Gasteiger partial charge in [0.2, 0.25) is 5.90 Å². The Hall–Kier alpha value is -2.97. The lowest BCUT2D eigenvalue weighted by Crippen LogP contribution is -2.52. The fourth-order valence-corrected chi connectivity index (χ4v) is 4.13. The monoisotopic (exact) mass is 387 g/mol. The quantitative estimate of drug-likeness (QED) is 0.731. The van der Waals surface area contributed by atoms with E-state index in [2.05, 4.69) is 17.9 Å². The molecule has 148 valence electrons. The standard InChI is InChI=1S/C24H25N3O2/c1-17-5-8-21(13-18(17)2)22(28)15-27-16-29-23(26-24(27)11-3-4-12-24)20-9-6-19(14-25)7-10-20/h5-10,13H,3-4,11-12,15-16H2,1-2H3. The summed E-state index contributed by atoms with van der Waals surface area (Å²) in [5, 5.41) is 9.00. The second kappa shape index (κ2) is 7.81. The zero-order valence-corrected chi connectivity index (χ0v) is 16.9. The minimum absolute atomic E-state index is 0.0972. The van der Waals surface area contributed by atoms with Gasteiger partial charge in [0.1, 0.15) is 12.4 Å². The summed E-state index contributed by atoms with van der Waals surface area (Å²) >= 11 is 0. The van der Waals surface area contributed by atoms with Crippen molar-refractivity contribution >= 4 is 11.7 Å². The maximum atomic E-state index is 13.0. The number of rotatable bonds is 4. The molecule has 29 heavy (non-hydrogen) atoms. The molecule has 1 aliphatic heterocycles. The van der Waals surface area contributed by atoms with Crippen molar-refractivity contribution in [1.29, 1.82) is 5.26 Å². The molecule has 1 fully saturated rings. The number of carbonyl (C=O) groups excluding carboxylic acids is 1. The Bertz CT molecular complexity index is 996. The Labute approximate surface area is 171 Å². The molecule has 0 aromatic heterocycles. The average molecular weight is 387 g/mol. The van der Waals surface area contributed by atoms with Gasteiger partial charge in [-0.1, -0.05) is 12.1 Å². The van der Waals surface area contributed by atoms with Crippen LogP contribution < -0.4 is 0 Å². The molecule has 2 aromatic rings. The van der Waals surface area contributed by atoms with Gasteiger partial charge in [-0.15, -0.1) is 0 Å². The van der Waals surface area contributed by atoms with E-state index in [4.69, 9.17) is 15.0 Å². The highest BCUT2D eigenvalue weighted by Crippen LogP contribution is 2.39. The largest absolute Gasteiger partial charge is 0.461 e. The van der Waals surface area contributed by atoms with E-state index in [1.54, 1.807) is 12.1 Å². The second-order valence-electron chi connectivity index (χ2n) is 7.99. The first kappa shape index (κ1) is 19.4. The molecule has 1 heterocycles. The summed E-state index contributed by atoms with van der Waals surface area (Å²) < 4.78 is 5.96. The predicted octanol–water partition coefficient (Wildman–Crippen LogP) is 4.36. The van der Waals surface area contributed by atoms with Crippen LogP contribution in [0, 0.1) is 25.2 Å². The molecule has 1 saturated carbocycles. The van der Waals surface area contributed by atoms with Crippen LogP contribution in [0.2, 0.25) is 0 Å². The molecule has 2 aromatic carbocycles. The van der Waals surface area contributed by atoms with Crippen molar-refractivity contribution in [2.45, 2.75) is 45.2 Å². The predicted molar refractivity (Wildman–Crippen MR) is 112 cm³/mol. The number of ketones is 1. The first-order valence-corrected chi connectivity index (χ1v) is 10.1. The summed E-state index contributed by atoms with van der Waals surface area (Å²) in [5.74, 6) is 0.700. The van der Waals surface area contributed by atoms with Crippen LogP contribution in [0.15, 0.2) is 47.5 Å². The molecule has 0 unspecified atom stereocenters. The Kier molecular flexibility index (Phi) is 5.21. The maximum Gasteiger partial charge on any atom is 0.219 e. The van der Waals surface area contributed by atoms with Crippen molar-refractivity contribution in [2.75, 3.05) is 13.3 Å². The molecule has 1 aliphatic carbocycles. The number of Topliss-reactive ketones (excluding diaryl/α,β-unsaturated/α-hetero) is 1. The van der Waals surface area contributed by atoms with Crippen LogP contribution in [0.3, 0.4) is 0 Å². The minimum atomic E-state index is -0.378. The van der Waals surface area contributed by atoms with E-state index in [0.29, 0.717) is 24.7 Å². The summed E-state index contributed by atoms with van der Waals surface area (Å²) in [4.78, 5) is 20.0. The average Bonchev–Trinajstić information content (AvgIpc) is 3.20. The van der Waals surface area contributed by atoms with Crippen molar-refractivity contribution in [3.8, 4) is 6.07 Å². The van der Waals surface area contributed by atoms with E-state index >= 15 is 0 Å². The molecule has 5 nitrogen and oxygen atoms in total. The molecule has 0 N–H and O–H groups in total. The van der Waals surface area contributed by atoms with Crippen molar-refractivity contribution in [1.82, 2.24) is 4.90 Å². The minimum Gasteiger partial charge on any atom is -0.461 e. The normalized spacial score (nSPS) is 18.2. The first-order chi connectivity index (χ1) is 14.0. The second-order valence-corrected chi connectivity index (χ2v) is 7.99. The molecule has 5 heteroatoms. The Morgan fingerprint density at radius 1 is 1.14 bits per heavy atom. The Balaban J connectivity index is 1.58. The summed E-state index contributed by atoms with van der Waals surface area (Å²) in [5.41, 5.74) is 4.16. The van der Waals surface area contributed by atoms with Gasteiger partial charge < -0.3 is 4.74 Å². The van der Waals surface area contributed by atoms with E-state index in [-0.39, 0.29) is 11.4 Å². The van der Waals surface area contributed by atoms with Crippen molar-refractivity contribution in [3.05, 3.63) is 70.3 Å². The van der Waals surface area contributed by atoms with Gasteiger partial charge in [-0.05, 0) is 81.0 Å². The van der Waals surface area contributed by atoms with E-state index in [1.165, 1.54) is 5.56 Å². The maximum absolute atomic E-state index is 13.0. The van der Waals surface area contributed by atoms with Crippen LogP contribution in [0.5, 0.6) is 0 Å². The van der Waals surface area contributed by atoms with Gasteiger partial charge in [-0.25, -0.2) is 9.89 Å². The van der Waals surface area contributed by atoms with Crippen LogP contribution in [0.25, 0.3) is 0 Å². The molecule has 4 rings (SSSR count). The van der Waals surface area contributed by atoms with Crippen LogP contribution in [-0.2, 0) is 4.74 Å². The van der Waals surface area contributed by atoms with Crippen molar-refractivity contribution in [2.24, 2.45) is 4.99 Å². The number of hydrogen-bond donors (Lipinski definition) is 0. The van der Waals surface area contributed by atoms with Gasteiger partial charge in [0.05, 0.1) is 18.2 Å². The lowest BCUT2D eigenvalue weighted by molar-refractivity contribution is -0.000480. The van der Waals surface area contributed by atoms with Gasteiger partial charge in [-0.2, -0.15) is 5.26 Å². The summed E-state index contributed by atoms with van der Waals surface area (Å²) in [6.45, 7) is 4.72. The number of hydrogen-bond acceptors (Lipinski definition) is 5. The van der Waals surface area contributed by atoms with Crippen LogP contribution in [0.1, 0.15) is 58.3 Å². The van der Waals surface area contributed by atoms with Gasteiger partial charge in [0, 0.05) is 11.1 Å². The fourth-order valence-electron chi connectivity index (χ4n) is 4.13. The van der Waals surface area contributed by atoms with E-state index in [1.807, 2.05) is 37.3 Å². The number of ether oxygens (including phenoxy) is 1. The van der Waals surface area contributed by atoms with Gasteiger partial charge in [0.25, 0.3) is 0 Å². The molecule has 0 bridgehead atoms. The first-order valence-electron chi connectivity index (χ1n) is 10.1. The van der Waals surface area contributed by atoms with Crippen LogP contribution >= 0.6 is 0 Å². The zero-order chi connectivity index (χ0) is 20.4. The molecule has 2 aliphatic rings. The SMILES string of the molecule is Cc1ccc(C(=O)CN2COC(c3ccc(C#N)cc3)=NC23CCCC3)cc1C. The molecular formula is C24H25N3O2. The van der Waals surface area contributed by atoms with E-state index in [0.717, 1.165) is 42.4 Å². The summed E-state index contributed by atoms with van der Waals surface area (Å²) in [6.07, 6.45) is 4.05. The molecule has 0 atom stereocenters. The molecular weight excluding hydrogens is 362 g/mol. The highest BCUT2D eigenvalue weighted by atomic mass is 16.5. The van der Waals surface area contributed by atoms with Crippen molar-refractivity contribution < 1.29 is 9.53 Å². The number of aliphatic imine (C=N–C) groups is 1. The highest BCUT2D eigenvalue weighted by molar-refractivity contribution is 5.98. The van der Waals surface area contributed by atoms with E-state index < -0.39 is 0 Å². The fraction of sp³-hybridized carbons (Fsp3) is 0.375. The number of benzene rings is 2. The number of nitrogens with zero attached hydrogens (tertiary/aromatic N) is 3. The third-order valence-corrected chi connectivity index (χ3v) is 6.08. The molecule has 0 amide bonds. The number of aryl methyl sites for hydroxylation is 2. The summed E-state index contributed by atoms with van der Waals surface area (Å²) in [7, 11) is 0. The molecule has 1 spiro atoms. The third-order valence-electron chi connectivity index (χ3n) is 6.08. The zero-order valence-electron chi connectivity index (χ0n) is 16.9. The van der Waals surface area contributed by atoms with Crippen LogP contribution in [-0.4, -0.2) is 35.5 Å². The van der Waals surface area contributed by atoms with E-state index in [9.17, 15) is 4.79 Å². The van der Waals surface area contributed by atoms with Crippen LogP contribution in [0.4, 0.5) is 0 Å². The van der Waals surface area contributed by atoms with Crippen molar-refractivity contribution in [3.63, 3.8) is 0 Å². The number of nitriles is 1. The summed E-state index contributed by atoms with van der Waals surface area (Å²) in [6, 6.07) is 15.3. The molecule has 0 radical (unpaired) electrons. The Morgan fingerprint density at radius 3 is 2.52 bits per heavy atom.